The topological polar surface area (TPSA) is 57.2 Å². The van der Waals surface area contributed by atoms with Crippen LogP contribution < -0.4 is 10.1 Å². The van der Waals surface area contributed by atoms with Gasteiger partial charge in [0.25, 0.3) is 0 Å². The highest BCUT2D eigenvalue weighted by molar-refractivity contribution is 14.0. The lowest BCUT2D eigenvalue weighted by atomic mass is 9.93. The summed E-state index contributed by atoms with van der Waals surface area (Å²) in [6.07, 6.45) is 0.997. The Kier molecular flexibility index (Phi) is 8.85. The van der Waals surface area contributed by atoms with Gasteiger partial charge in [-0.15, -0.1) is 24.0 Å². The van der Waals surface area contributed by atoms with Crippen molar-refractivity contribution in [2.75, 3.05) is 45.9 Å². The molecule has 1 aromatic rings. The van der Waals surface area contributed by atoms with E-state index >= 15 is 0 Å². The number of hydrogen-bond donors (Lipinski definition) is 1. The van der Waals surface area contributed by atoms with Gasteiger partial charge in [-0.25, -0.2) is 0 Å². The summed E-state index contributed by atoms with van der Waals surface area (Å²) in [6.45, 7) is 11.6. The molecule has 1 amide bonds. The number of amides is 1. The Hall–Kier alpha value is -1.51. The Balaban J connectivity index is 0.00000280. The Morgan fingerprint density at radius 3 is 2.57 bits per heavy atom. The van der Waals surface area contributed by atoms with Crippen molar-refractivity contribution in [1.82, 2.24) is 15.1 Å². The average molecular weight is 500 g/mol. The second-order valence-electron chi connectivity index (χ2n) is 7.53. The summed E-state index contributed by atoms with van der Waals surface area (Å²) in [5.41, 5.74) is 1.26. The van der Waals surface area contributed by atoms with Crippen LogP contribution >= 0.6 is 24.0 Å². The third-order valence-electron chi connectivity index (χ3n) is 5.26. The minimum atomic E-state index is 0. The van der Waals surface area contributed by atoms with Crippen molar-refractivity contribution >= 4 is 35.8 Å². The van der Waals surface area contributed by atoms with Gasteiger partial charge in [-0.05, 0) is 25.0 Å². The number of hydrogen-bond acceptors (Lipinski definition) is 3. The number of nitrogens with one attached hydrogen (secondary N) is 1. The number of guanidine groups is 1. The van der Waals surface area contributed by atoms with Gasteiger partial charge in [-0.1, -0.05) is 32.0 Å². The largest absolute Gasteiger partial charge is 0.493 e. The highest BCUT2D eigenvalue weighted by Gasteiger charge is 2.25. The van der Waals surface area contributed by atoms with Crippen molar-refractivity contribution < 1.29 is 9.53 Å². The molecule has 2 heterocycles. The van der Waals surface area contributed by atoms with Crippen LogP contribution in [0.3, 0.4) is 0 Å². The number of halogens is 1. The fourth-order valence-electron chi connectivity index (χ4n) is 3.73. The molecule has 1 unspecified atom stereocenters. The molecule has 3 rings (SSSR count). The molecule has 156 valence electrons. The average Bonchev–Trinajstić information content (AvgIpc) is 2.70. The molecule has 1 fully saturated rings. The second-order valence-corrected chi connectivity index (χ2v) is 7.53. The number of piperazine rings is 1. The molecular formula is C21H33IN4O2. The molecule has 28 heavy (non-hydrogen) atoms. The maximum atomic E-state index is 12.2. The van der Waals surface area contributed by atoms with Crippen LogP contribution in [-0.2, 0) is 4.79 Å². The van der Waals surface area contributed by atoms with Gasteiger partial charge in [-0.2, -0.15) is 0 Å². The van der Waals surface area contributed by atoms with Gasteiger partial charge in [0, 0.05) is 51.1 Å². The van der Waals surface area contributed by atoms with E-state index < -0.39 is 0 Å². The van der Waals surface area contributed by atoms with E-state index in [2.05, 4.69) is 29.3 Å². The highest BCUT2D eigenvalue weighted by atomic mass is 127. The van der Waals surface area contributed by atoms with Crippen molar-refractivity contribution in [3.63, 3.8) is 0 Å². The predicted octanol–water partition coefficient (Wildman–Crippen LogP) is 2.94. The van der Waals surface area contributed by atoms with Crippen LogP contribution in [0.2, 0.25) is 0 Å². The highest BCUT2D eigenvalue weighted by Crippen LogP contribution is 2.33. The number of carbonyl (C=O) groups excluding carboxylic acids is 1. The molecule has 0 bridgehead atoms. The summed E-state index contributed by atoms with van der Waals surface area (Å²) in [7, 11) is 0. The number of rotatable bonds is 4. The van der Waals surface area contributed by atoms with E-state index in [1.807, 2.05) is 30.9 Å². The van der Waals surface area contributed by atoms with Crippen LogP contribution in [0.5, 0.6) is 5.75 Å². The number of aliphatic imine (C=N–C) groups is 1. The SMILES string of the molecule is CCNC(=NCC1CCOc2ccccc21)N1CCN(C(=O)C(C)C)CC1.I. The molecule has 2 aliphatic heterocycles. The fourth-order valence-corrected chi connectivity index (χ4v) is 3.73. The minimum absolute atomic E-state index is 0. The number of fused-ring (bicyclic) bond motifs is 1. The van der Waals surface area contributed by atoms with Gasteiger partial charge in [0.15, 0.2) is 5.96 Å². The summed E-state index contributed by atoms with van der Waals surface area (Å²) in [5.74, 6) is 2.66. The number of para-hydroxylation sites is 1. The first kappa shape index (κ1) is 22.8. The lowest BCUT2D eigenvalue weighted by Gasteiger charge is -2.37. The van der Waals surface area contributed by atoms with Crippen LogP contribution in [0.1, 0.15) is 38.7 Å². The van der Waals surface area contributed by atoms with Gasteiger partial charge in [-0.3, -0.25) is 9.79 Å². The zero-order chi connectivity index (χ0) is 19.2. The van der Waals surface area contributed by atoms with Crippen molar-refractivity contribution in [3.05, 3.63) is 29.8 Å². The molecule has 0 saturated carbocycles. The van der Waals surface area contributed by atoms with E-state index in [-0.39, 0.29) is 35.8 Å². The summed E-state index contributed by atoms with van der Waals surface area (Å²) < 4.78 is 5.77. The molecule has 1 saturated heterocycles. The third kappa shape index (κ3) is 5.52. The standard InChI is InChI=1S/C21H32N4O2.HI/c1-4-22-21(25-12-10-24(11-13-25)20(26)16(2)3)23-15-17-9-14-27-19-8-6-5-7-18(17)19;/h5-8,16-17H,4,9-15H2,1-3H3,(H,22,23);1H. The van der Waals surface area contributed by atoms with Crippen molar-refractivity contribution in [2.24, 2.45) is 10.9 Å². The quantitative estimate of drug-likeness (QED) is 0.393. The Morgan fingerprint density at radius 1 is 1.21 bits per heavy atom. The molecule has 2 aliphatic rings. The smallest absolute Gasteiger partial charge is 0.225 e. The summed E-state index contributed by atoms with van der Waals surface area (Å²) >= 11 is 0. The molecule has 0 aliphatic carbocycles. The predicted molar refractivity (Wildman–Crippen MR) is 124 cm³/mol. The summed E-state index contributed by atoms with van der Waals surface area (Å²) in [5, 5.41) is 3.42. The van der Waals surface area contributed by atoms with Gasteiger partial charge in [0.2, 0.25) is 5.91 Å². The van der Waals surface area contributed by atoms with Crippen LogP contribution in [0.15, 0.2) is 29.3 Å². The minimum Gasteiger partial charge on any atom is -0.493 e. The van der Waals surface area contributed by atoms with E-state index in [1.54, 1.807) is 0 Å². The van der Waals surface area contributed by atoms with Crippen LogP contribution in [-0.4, -0.2) is 67.5 Å². The molecule has 1 atom stereocenters. The van der Waals surface area contributed by atoms with E-state index in [0.29, 0.717) is 5.92 Å². The maximum Gasteiger partial charge on any atom is 0.225 e. The normalized spacial score (nSPS) is 19.6. The van der Waals surface area contributed by atoms with Crippen LogP contribution in [0, 0.1) is 5.92 Å². The molecule has 6 nitrogen and oxygen atoms in total. The van der Waals surface area contributed by atoms with E-state index in [0.717, 1.165) is 64.0 Å². The Labute approximate surface area is 185 Å². The van der Waals surface area contributed by atoms with E-state index in [4.69, 9.17) is 9.73 Å². The second kappa shape index (κ2) is 10.9. The first-order valence-corrected chi connectivity index (χ1v) is 10.1. The van der Waals surface area contributed by atoms with E-state index in [9.17, 15) is 4.79 Å². The molecule has 0 spiro atoms. The number of ether oxygens (including phenoxy) is 1. The lowest BCUT2D eigenvalue weighted by Crippen LogP contribution is -2.54. The molecule has 0 aromatic heterocycles. The van der Waals surface area contributed by atoms with Gasteiger partial charge in [0.1, 0.15) is 5.75 Å². The maximum absolute atomic E-state index is 12.2. The summed E-state index contributed by atoms with van der Waals surface area (Å²) in [4.78, 5) is 21.4. The van der Waals surface area contributed by atoms with Gasteiger partial charge >= 0.3 is 0 Å². The van der Waals surface area contributed by atoms with Crippen LogP contribution in [0.4, 0.5) is 0 Å². The molecule has 1 aromatic carbocycles. The molecule has 1 N–H and O–H groups in total. The van der Waals surface area contributed by atoms with Gasteiger partial charge < -0.3 is 19.9 Å². The van der Waals surface area contributed by atoms with Crippen molar-refractivity contribution in [3.8, 4) is 5.75 Å². The summed E-state index contributed by atoms with van der Waals surface area (Å²) in [6, 6.07) is 8.28. The Bertz CT molecular complexity index is 672. The number of benzene rings is 1. The molecule has 7 heteroatoms. The number of carbonyl (C=O) groups is 1. The fraction of sp³-hybridized carbons (Fsp3) is 0.619. The molecular weight excluding hydrogens is 467 g/mol. The monoisotopic (exact) mass is 500 g/mol. The zero-order valence-electron chi connectivity index (χ0n) is 17.2. The first-order valence-electron chi connectivity index (χ1n) is 10.1. The van der Waals surface area contributed by atoms with Crippen LogP contribution in [0.25, 0.3) is 0 Å². The van der Waals surface area contributed by atoms with E-state index in [1.165, 1.54) is 5.56 Å². The Morgan fingerprint density at radius 2 is 1.89 bits per heavy atom. The molecule has 0 radical (unpaired) electrons. The zero-order valence-corrected chi connectivity index (χ0v) is 19.5. The van der Waals surface area contributed by atoms with Gasteiger partial charge in [0.05, 0.1) is 6.61 Å². The van der Waals surface area contributed by atoms with Crippen molar-refractivity contribution in [1.29, 1.82) is 0 Å². The van der Waals surface area contributed by atoms with Crippen molar-refractivity contribution in [2.45, 2.75) is 33.1 Å². The lowest BCUT2D eigenvalue weighted by molar-refractivity contribution is -0.135. The number of nitrogens with zero attached hydrogens (tertiary/aromatic N) is 3. The first-order chi connectivity index (χ1) is 13.1. The third-order valence-corrected chi connectivity index (χ3v) is 5.26.